The maximum Gasteiger partial charge on any atom is 0.323 e. The number of aliphatic hydroxyl groups is 1. The van der Waals surface area contributed by atoms with E-state index >= 15 is 0 Å². The minimum atomic E-state index is -3.74. The largest absolute Gasteiger partial charge is 0.465 e. The van der Waals surface area contributed by atoms with E-state index in [9.17, 15) is 24.1 Å². The number of aliphatic hydroxyl groups excluding tert-OH is 1. The lowest BCUT2D eigenvalue weighted by atomic mass is 10.2. The molecule has 4 N–H and O–H groups in total. The SMILES string of the molecule is CCCCOC(=O)[C@H](C)NP(=O)(/C=C/[C@@H]1C[C@@H](O)[C@H](n2cnc3c(=O)[nH]c(C)nc32)O1)N[C@@H](C)C(=O)OCCCC. The lowest BCUT2D eigenvalue weighted by molar-refractivity contribution is -0.145. The molecule has 41 heavy (non-hydrogen) atoms. The molecular formula is C26H41N6O8P. The van der Waals surface area contributed by atoms with Crippen LogP contribution in [-0.4, -0.2) is 74.1 Å². The van der Waals surface area contributed by atoms with E-state index < -0.39 is 55.5 Å². The second-order valence-electron chi connectivity index (χ2n) is 10.1. The molecule has 0 aromatic carbocycles. The van der Waals surface area contributed by atoms with E-state index in [1.165, 1.54) is 36.6 Å². The van der Waals surface area contributed by atoms with Gasteiger partial charge in [-0.25, -0.2) is 20.1 Å². The average molecular weight is 597 g/mol. The molecule has 0 saturated carbocycles. The van der Waals surface area contributed by atoms with Gasteiger partial charge in [-0.1, -0.05) is 26.7 Å². The fraction of sp³-hybridized carbons (Fsp3) is 0.654. The van der Waals surface area contributed by atoms with Gasteiger partial charge in [-0.2, -0.15) is 0 Å². The Morgan fingerprint density at radius 1 is 1.20 bits per heavy atom. The van der Waals surface area contributed by atoms with Crippen molar-refractivity contribution < 1.29 is 33.5 Å². The maximum atomic E-state index is 14.0. The molecule has 1 aliphatic heterocycles. The molecule has 0 aliphatic carbocycles. The quantitative estimate of drug-likeness (QED) is 0.134. The molecule has 0 spiro atoms. The molecule has 2 aromatic rings. The third-order valence-corrected chi connectivity index (χ3v) is 8.55. The summed E-state index contributed by atoms with van der Waals surface area (Å²) in [5.74, 6) is 0.544. The van der Waals surface area contributed by atoms with Gasteiger partial charge in [0.05, 0.1) is 25.6 Å². The zero-order valence-electron chi connectivity index (χ0n) is 24.2. The summed E-state index contributed by atoms with van der Waals surface area (Å²) in [4.78, 5) is 48.2. The number of carbonyl (C=O) groups excluding carboxylic acids is 2. The topological polar surface area (TPSA) is 187 Å². The van der Waals surface area contributed by atoms with Crippen molar-refractivity contribution in [3.63, 3.8) is 0 Å². The summed E-state index contributed by atoms with van der Waals surface area (Å²) in [6.07, 6.45) is 3.55. The minimum absolute atomic E-state index is 0.114. The van der Waals surface area contributed by atoms with Crippen molar-refractivity contribution in [2.45, 2.75) is 97.2 Å². The van der Waals surface area contributed by atoms with Crippen molar-refractivity contribution in [3.05, 3.63) is 34.4 Å². The molecule has 0 radical (unpaired) electrons. The summed E-state index contributed by atoms with van der Waals surface area (Å²) in [6, 6.07) is -1.91. The smallest absolute Gasteiger partial charge is 0.323 e. The number of H-pyrrole nitrogens is 1. The molecule has 14 nitrogen and oxygen atoms in total. The van der Waals surface area contributed by atoms with Gasteiger partial charge in [-0.05, 0) is 39.7 Å². The van der Waals surface area contributed by atoms with E-state index in [0.29, 0.717) is 18.7 Å². The predicted octanol–water partition coefficient (Wildman–Crippen LogP) is 2.43. The number of esters is 2. The van der Waals surface area contributed by atoms with Crippen LogP contribution in [0.25, 0.3) is 11.2 Å². The van der Waals surface area contributed by atoms with Crippen LogP contribution in [0.15, 0.2) is 23.0 Å². The van der Waals surface area contributed by atoms with Crippen LogP contribution < -0.4 is 15.7 Å². The summed E-state index contributed by atoms with van der Waals surface area (Å²) in [5.41, 5.74) is -0.0272. The Labute approximate surface area is 238 Å². The Kier molecular flexibility index (Phi) is 11.8. The molecule has 2 aromatic heterocycles. The average Bonchev–Trinajstić information content (AvgIpc) is 3.50. The Morgan fingerprint density at radius 3 is 2.34 bits per heavy atom. The van der Waals surface area contributed by atoms with Gasteiger partial charge < -0.3 is 24.3 Å². The van der Waals surface area contributed by atoms with Crippen LogP contribution in [0.4, 0.5) is 0 Å². The second-order valence-corrected chi connectivity index (χ2v) is 12.2. The molecule has 228 valence electrons. The number of aromatic amines is 1. The number of nitrogens with zero attached hydrogens (tertiary/aromatic N) is 3. The summed E-state index contributed by atoms with van der Waals surface area (Å²) < 4.78 is 32.0. The van der Waals surface area contributed by atoms with E-state index in [1.54, 1.807) is 6.92 Å². The molecule has 0 bridgehead atoms. The second kappa shape index (κ2) is 14.8. The van der Waals surface area contributed by atoms with Crippen LogP contribution in [0.2, 0.25) is 0 Å². The van der Waals surface area contributed by atoms with Gasteiger partial charge in [0.2, 0.25) is 7.44 Å². The van der Waals surface area contributed by atoms with Crippen LogP contribution in [-0.2, 0) is 28.4 Å². The van der Waals surface area contributed by atoms with E-state index in [-0.39, 0.29) is 30.8 Å². The number of rotatable bonds is 15. The van der Waals surface area contributed by atoms with Crippen molar-refractivity contribution in [2.24, 2.45) is 0 Å². The number of hydrogen-bond acceptors (Lipinski definition) is 10. The fourth-order valence-corrected chi connectivity index (χ4v) is 6.22. The Morgan fingerprint density at radius 2 is 1.78 bits per heavy atom. The minimum Gasteiger partial charge on any atom is -0.465 e. The highest BCUT2D eigenvalue weighted by Crippen LogP contribution is 2.41. The Bertz CT molecular complexity index is 1290. The number of ether oxygens (including phenoxy) is 3. The molecule has 5 atom stereocenters. The lowest BCUT2D eigenvalue weighted by Gasteiger charge is -2.24. The molecule has 3 rings (SSSR count). The van der Waals surface area contributed by atoms with E-state index in [1.807, 2.05) is 13.8 Å². The van der Waals surface area contributed by atoms with Gasteiger partial charge in [0.25, 0.3) is 5.56 Å². The van der Waals surface area contributed by atoms with Crippen molar-refractivity contribution in [2.75, 3.05) is 13.2 Å². The van der Waals surface area contributed by atoms with Gasteiger partial charge in [0.1, 0.15) is 24.0 Å². The lowest BCUT2D eigenvalue weighted by Crippen LogP contribution is -2.41. The van der Waals surface area contributed by atoms with Crippen molar-refractivity contribution in [1.82, 2.24) is 29.7 Å². The normalized spacial score (nSPS) is 20.9. The third kappa shape index (κ3) is 8.79. The summed E-state index contributed by atoms with van der Waals surface area (Å²) >= 11 is 0. The van der Waals surface area contributed by atoms with Crippen molar-refractivity contribution >= 4 is 30.5 Å². The fourth-order valence-electron chi connectivity index (χ4n) is 4.18. The van der Waals surface area contributed by atoms with Crippen LogP contribution >= 0.6 is 7.44 Å². The maximum absolute atomic E-state index is 14.0. The molecular weight excluding hydrogens is 555 g/mol. The first-order chi connectivity index (χ1) is 19.5. The number of aromatic nitrogens is 4. The highest BCUT2D eigenvalue weighted by molar-refractivity contribution is 7.63. The number of nitrogens with one attached hydrogen (secondary N) is 3. The molecule has 1 fully saturated rings. The number of aryl methyl sites for hydroxylation is 1. The van der Waals surface area contributed by atoms with Gasteiger partial charge in [-0.3, -0.25) is 23.5 Å². The van der Waals surface area contributed by atoms with E-state index in [0.717, 1.165) is 12.8 Å². The molecule has 15 heteroatoms. The number of imidazole rings is 1. The monoisotopic (exact) mass is 596 g/mol. The highest BCUT2D eigenvalue weighted by atomic mass is 31.2. The highest BCUT2D eigenvalue weighted by Gasteiger charge is 2.36. The van der Waals surface area contributed by atoms with Crippen LogP contribution in [0, 0.1) is 6.92 Å². The van der Waals surface area contributed by atoms with Gasteiger partial charge in [0.15, 0.2) is 17.4 Å². The molecule has 1 saturated heterocycles. The number of fused-ring (bicyclic) bond motifs is 1. The van der Waals surface area contributed by atoms with Gasteiger partial charge in [0, 0.05) is 12.2 Å². The van der Waals surface area contributed by atoms with Crippen LogP contribution in [0.1, 0.15) is 71.9 Å². The van der Waals surface area contributed by atoms with Crippen molar-refractivity contribution in [3.8, 4) is 0 Å². The molecule has 1 aliphatic rings. The number of carbonyl (C=O) groups is 2. The predicted molar refractivity (Wildman–Crippen MR) is 151 cm³/mol. The van der Waals surface area contributed by atoms with Crippen molar-refractivity contribution in [1.29, 1.82) is 0 Å². The standard InChI is InChI=1S/C26H41N6O8P/c1-6-8-11-38-25(35)16(3)30-41(37,31-17(4)26(36)39-12-9-7-2)13-10-19-14-20(33)24(40-19)32-15-27-21-22(32)28-18(5)29-23(21)34/h10,13,15-17,19-20,24,33H,6-9,11-12,14H2,1-5H3,(H,28,29,34)(H2,30,31,37)/b13-10+/t16-,17-,19+,20+,24+/m0/s1. The summed E-state index contributed by atoms with van der Waals surface area (Å²) in [6.45, 7) is 9.10. The number of unbranched alkanes of at least 4 members (excludes halogenated alkanes) is 2. The molecule has 0 unspecified atom stereocenters. The Hall–Kier alpha value is -2.90. The zero-order valence-corrected chi connectivity index (χ0v) is 25.1. The molecule has 0 amide bonds. The first-order valence-corrected chi connectivity index (χ1v) is 15.7. The van der Waals surface area contributed by atoms with Crippen LogP contribution in [0.3, 0.4) is 0 Å². The summed E-state index contributed by atoms with van der Waals surface area (Å²) in [5, 5.41) is 16.3. The van der Waals surface area contributed by atoms with E-state index in [4.69, 9.17) is 14.2 Å². The first-order valence-electron chi connectivity index (χ1n) is 13.9. The van der Waals surface area contributed by atoms with Crippen LogP contribution in [0.5, 0.6) is 0 Å². The summed E-state index contributed by atoms with van der Waals surface area (Å²) in [7, 11) is -3.74. The van der Waals surface area contributed by atoms with Gasteiger partial charge in [-0.15, -0.1) is 0 Å². The zero-order chi connectivity index (χ0) is 30.2. The molecule has 3 heterocycles. The first kappa shape index (κ1) is 32.6. The van der Waals surface area contributed by atoms with E-state index in [2.05, 4.69) is 25.1 Å². The third-order valence-electron chi connectivity index (χ3n) is 6.42. The van der Waals surface area contributed by atoms with Gasteiger partial charge >= 0.3 is 11.9 Å². The number of hydrogen-bond donors (Lipinski definition) is 4. The Balaban J connectivity index is 1.77.